The van der Waals surface area contributed by atoms with Crippen molar-refractivity contribution in [1.29, 1.82) is 0 Å². The van der Waals surface area contributed by atoms with Crippen LogP contribution < -0.4 is 10.2 Å². The van der Waals surface area contributed by atoms with E-state index in [0.717, 1.165) is 11.6 Å². The van der Waals surface area contributed by atoms with Crippen molar-refractivity contribution in [3.8, 4) is 5.69 Å². The van der Waals surface area contributed by atoms with Gasteiger partial charge >= 0.3 is 0 Å². The van der Waals surface area contributed by atoms with Crippen molar-refractivity contribution in [2.75, 3.05) is 24.3 Å². The second-order valence-corrected chi connectivity index (χ2v) is 6.11. The van der Waals surface area contributed by atoms with Crippen molar-refractivity contribution >= 4 is 11.6 Å². The molecule has 1 saturated carbocycles. The molecule has 21 heavy (non-hydrogen) atoms. The minimum Gasteiger partial charge on any atom is -0.377 e. The van der Waals surface area contributed by atoms with Gasteiger partial charge in [-0.25, -0.2) is 4.98 Å². The fourth-order valence-electron chi connectivity index (χ4n) is 3.10. The molecule has 0 saturated heterocycles. The third kappa shape index (κ3) is 2.89. The molecule has 2 aromatic rings. The number of nitrogens with one attached hydrogen (secondary N) is 1. The van der Waals surface area contributed by atoms with E-state index in [-0.39, 0.29) is 0 Å². The average Bonchev–Trinajstić information content (AvgIpc) is 3.11. The Kier molecular flexibility index (Phi) is 3.86. The van der Waals surface area contributed by atoms with Crippen LogP contribution in [0.2, 0.25) is 0 Å². The first-order valence-electron chi connectivity index (χ1n) is 7.73. The minimum absolute atomic E-state index is 0.574. The number of nitrogens with zero attached hydrogens (tertiary/aromatic N) is 3. The molecular weight excluding hydrogens is 260 g/mol. The molecule has 0 amide bonds. The summed E-state index contributed by atoms with van der Waals surface area (Å²) >= 11 is 0. The molecule has 1 N–H and O–H groups in total. The van der Waals surface area contributed by atoms with Crippen LogP contribution in [-0.4, -0.2) is 29.7 Å². The first-order chi connectivity index (χ1) is 10.1. The Morgan fingerprint density at radius 3 is 2.71 bits per heavy atom. The highest BCUT2D eigenvalue weighted by atomic mass is 15.2. The monoisotopic (exact) mass is 284 g/mol. The molecule has 1 fully saturated rings. The second-order valence-electron chi connectivity index (χ2n) is 6.11. The highest BCUT2D eigenvalue weighted by Gasteiger charge is 2.17. The number of rotatable bonds is 4. The predicted molar refractivity (Wildman–Crippen MR) is 88.5 cm³/mol. The molecule has 4 heteroatoms. The summed E-state index contributed by atoms with van der Waals surface area (Å²) in [5.41, 5.74) is 3.68. The van der Waals surface area contributed by atoms with Crippen LogP contribution in [0.5, 0.6) is 0 Å². The lowest BCUT2D eigenvalue weighted by Gasteiger charge is -2.19. The summed E-state index contributed by atoms with van der Waals surface area (Å²) in [4.78, 5) is 6.64. The van der Waals surface area contributed by atoms with E-state index in [2.05, 4.69) is 59.0 Å². The molecule has 0 unspecified atom stereocenters. The molecule has 1 aliphatic carbocycles. The highest BCUT2D eigenvalue weighted by molar-refractivity contribution is 5.59. The molecule has 112 valence electrons. The second kappa shape index (κ2) is 5.80. The van der Waals surface area contributed by atoms with Crippen LogP contribution in [0.25, 0.3) is 5.69 Å². The SMILES string of the molecule is Cc1ccc(-n2ccnc2NC2CCCC2)cc1N(C)C. The van der Waals surface area contributed by atoms with Gasteiger partial charge in [-0.15, -0.1) is 0 Å². The van der Waals surface area contributed by atoms with Crippen LogP contribution in [0.4, 0.5) is 11.6 Å². The summed E-state index contributed by atoms with van der Waals surface area (Å²) in [6.45, 7) is 2.14. The Hall–Kier alpha value is -1.97. The molecule has 1 aliphatic rings. The molecule has 0 atom stereocenters. The maximum Gasteiger partial charge on any atom is 0.207 e. The topological polar surface area (TPSA) is 33.1 Å². The largest absolute Gasteiger partial charge is 0.377 e. The maximum atomic E-state index is 4.49. The molecule has 3 rings (SSSR count). The van der Waals surface area contributed by atoms with E-state index in [0.29, 0.717) is 6.04 Å². The molecule has 1 aromatic heterocycles. The zero-order valence-corrected chi connectivity index (χ0v) is 13.1. The quantitative estimate of drug-likeness (QED) is 0.931. The summed E-state index contributed by atoms with van der Waals surface area (Å²) in [5, 5.41) is 3.59. The Balaban J connectivity index is 1.90. The number of hydrogen-bond donors (Lipinski definition) is 1. The predicted octanol–water partition coefficient (Wildman–Crippen LogP) is 3.60. The van der Waals surface area contributed by atoms with Gasteiger partial charge in [0.1, 0.15) is 0 Å². The standard InChI is InChI=1S/C17H24N4/c1-13-8-9-15(12-16(13)20(2)3)21-11-10-18-17(21)19-14-6-4-5-7-14/h8-12,14H,4-7H2,1-3H3,(H,18,19). The van der Waals surface area contributed by atoms with E-state index in [9.17, 15) is 0 Å². The van der Waals surface area contributed by atoms with Crippen molar-refractivity contribution in [2.24, 2.45) is 0 Å². The number of benzene rings is 1. The number of anilines is 2. The van der Waals surface area contributed by atoms with Gasteiger partial charge in [0.15, 0.2) is 0 Å². The lowest BCUT2D eigenvalue weighted by atomic mass is 10.1. The lowest BCUT2D eigenvalue weighted by Crippen LogP contribution is -2.18. The van der Waals surface area contributed by atoms with Gasteiger partial charge in [0.2, 0.25) is 5.95 Å². The molecule has 0 spiro atoms. The van der Waals surface area contributed by atoms with E-state index in [1.165, 1.54) is 36.9 Å². The van der Waals surface area contributed by atoms with Crippen molar-refractivity contribution < 1.29 is 0 Å². The van der Waals surface area contributed by atoms with E-state index in [1.807, 2.05) is 12.4 Å². The van der Waals surface area contributed by atoms with Crippen LogP contribution in [-0.2, 0) is 0 Å². The van der Waals surface area contributed by atoms with Gasteiger partial charge in [0.25, 0.3) is 0 Å². The lowest BCUT2D eigenvalue weighted by molar-refractivity contribution is 0.740. The van der Waals surface area contributed by atoms with Gasteiger partial charge in [-0.2, -0.15) is 0 Å². The van der Waals surface area contributed by atoms with Gasteiger partial charge in [-0.05, 0) is 37.5 Å². The molecule has 0 radical (unpaired) electrons. The average molecular weight is 284 g/mol. The first-order valence-corrected chi connectivity index (χ1v) is 7.73. The number of aryl methyl sites for hydroxylation is 1. The molecule has 0 bridgehead atoms. The Bertz CT molecular complexity index is 609. The van der Waals surface area contributed by atoms with Crippen LogP contribution >= 0.6 is 0 Å². The number of hydrogen-bond acceptors (Lipinski definition) is 3. The van der Waals surface area contributed by atoms with E-state index in [1.54, 1.807) is 0 Å². The van der Waals surface area contributed by atoms with Crippen LogP contribution in [0.15, 0.2) is 30.6 Å². The molecular formula is C17H24N4. The minimum atomic E-state index is 0.574. The zero-order chi connectivity index (χ0) is 14.8. The highest BCUT2D eigenvalue weighted by Crippen LogP contribution is 2.26. The molecule has 1 aromatic carbocycles. The van der Waals surface area contributed by atoms with Crippen LogP contribution in [0.3, 0.4) is 0 Å². The summed E-state index contributed by atoms with van der Waals surface area (Å²) in [6.07, 6.45) is 9.06. The van der Waals surface area contributed by atoms with Crippen LogP contribution in [0, 0.1) is 6.92 Å². The third-order valence-corrected chi connectivity index (χ3v) is 4.28. The fourth-order valence-corrected chi connectivity index (χ4v) is 3.10. The zero-order valence-electron chi connectivity index (χ0n) is 13.1. The molecule has 1 heterocycles. The van der Waals surface area contributed by atoms with Gasteiger partial charge in [-0.1, -0.05) is 18.9 Å². The summed E-state index contributed by atoms with van der Waals surface area (Å²) in [6, 6.07) is 7.12. The Labute approximate surface area is 126 Å². The Morgan fingerprint density at radius 2 is 2.00 bits per heavy atom. The summed E-state index contributed by atoms with van der Waals surface area (Å²) < 4.78 is 2.14. The Morgan fingerprint density at radius 1 is 1.24 bits per heavy atom. The van der Waals surface area contributed by atoms with Gasteiger partial charge in [0, 0.05) is 38.2 Å². The van der Waals surface area contributed by atoms with Gasteiger partial charge in [-0.3, -0.25) is 4.57 Å². The molecule has 0 aliphatic heterocycles. The summed E-state index contributed by atoms with van der Waals surface area (Å²) in [5.74, 6) is 0.954. The molecule has 4 nitrogen and oxygen atoms in total. The van der Waals surface area contributed by atoms with Gasteiger partial charge < -0.3 is 10.2 Å². The first kappa shape index (κ1) is 14.0. The summed E-state index contributed by atoms with van der Waals surface area (Å²) in [7, 11) is 4.16. The van der Waals surface area contributed by atoms with Crippen molar-refractivity contribution in [2.45, 2.75) is 38.6 Å². The van der Waals surface area contributed by atoms with E-state index >= 15 is 0 Å². The van der Waals surface area contributed by atoms with E-state index in [4.69, 9.17) is 0 Å². The normalized spacial score (nSPS) is 15.4. The number of aromatic nitrogens is 2. The van der Waals surface area contributed by atoms with Crippen molar-refractivity contribution in [1.82, 2.24) is 9.55 Å². The number of imidazole rings is 1. The van der Waals surface area contributed by atoms with Crippen LogP contribution in [0.1, 0.15) is 31.2 Å². The van der Waals surface area contributed by atoms with E-state index < -0.39 is 0 Å². The maximum absolute atomic E-state index is 4.49. The fraction of sp³-hybridized carbons (Fsp3) is 0.471. The van der Waals surface area contributed by atoms with Crippen molar-refractivity contribution in [3.63, 3.8) is 0 Å². The third-order valence-electron chi connectivity index (χ3n) is 4.28. The van der Waals surface area contributed by atoms with Gasteiger partial charge in [0.05, 0.1) is 5.69 Å². The smallest absolute Gasteiger partial charge is 0.207 e. The van der Waals surface area contributed by atoms with Crippen molar-refractivity contribution in [3.05, 3.63) is 36.2 Å².